The van der Waals surface area contributed by atoms with Crippen LogP contribution in [0.5, 0.6) is 0 Å². The number of halogens is 1. The summed E-state index contributed by atoms with van der Waals surface area (Å²) in [4.78, 5) is 0. The van der Waals surface area contributed by atoms with E-state index in [2.05, 4.69) is 161 Å². The van der Waals surface area contributed by atoms with Crippen molar-refractivity contribution in [3.05, 3.63) is 136 Å². The zero-order valence-corrected chi connectivity index (χ0v) is 54.9. The van der Waals surface area contributed by atoms with Gasteiger partial charge in [-0.25, -0.2) is 0 Å². The molecule has 1 heteroatoms. The Morgan fingerprint density at radius 3 is 0.617 bits per heavy atom. The van der Waals surface area contributed by atoms with Gasteiger partial charge in [-0.3, -0.25) is 0 Å². The van der Waals surface area contributed by atoms with Crippen molar-refractivity contribution in [2.45, 2.75) is 312 Å². The molecule has 0 aromatic heterocycles. The molecule has 0 atom stereocenters. The van der Waals surface area contributed by atoms with Crippen molar-refractivity contribution in [1.82, 2.24) is 0 Å². The van der Waals surface area contributed by atoms with Crippen molar-refractivity contribution in [2.24, 2.45) is 0 Å². The molecule has 0 unspecified atom stereocenters. The van der Waals surface area contributed by atoms with Gasteiger partial charge in [-0.1, -0.05) is 267 Å². The van der Waals surface area contributed by atoms with E-state index >= 15 is 0 Å². The molecular formula is C80H113Br. The number of hydrogen-bond donors (Lipinski definition) is 0. The molecular weight excluding hydrogens is 1040 g/mol. The number of terminal acetylenes is 1. The van der Waals surface area contributed by atoms with Crippen LogP contribution in [0.15, 0.2) is 53.0 Å². The van der Waals surface area contributed by atoms with E-state index in [1.54, 1.807) is 0 Å². The van der Waals surface area contributed by atoms with Gasteiger partial charge in [0, 0.05) is 43.4 Å². The third-order valence-electron chi connectivity index (χ3n) is 16.8. The molecule has 0 aliphatic rings. The van der Waals surface area contributed by atoms with Crippen LogP contribution < -0.4 is 0 Å². The van der Waals surface area contributed by atoms with E-state index in [0.29, 0.717) is 0 Å². The Kier molecular flexibility index (Phi) is 36.9. The average molecular weight is 1150 g/mol. The van der Waals surface area contributed by atoms with Crippen molar-refractivity contribution in [3.8, 4) is 47.9 Å². The zero-order valence-electron chi connectivity index (χ0n) is 53.4. The van der Waals surface area contributed by atoms with Gasteiger partial charge in [0.1, 0.15) is 0 Å². The standard InChI is InChI=1S/C80H113Br/c1-10-19-27-35-43-66-58-73(67(57-65(66)18-9)44-36-28-20-11-2)51-52-74-59-69(46-38-30-22-13-4)75(60-68(74)45-37-29-21-12-3)53-54-76-61-71(48-40-32-24-15-6)77(62-70(76)47-39-31-23-14-5)55-56-78-63-79(50-42-34-26-17-8)80(81)64-72(78)49-41-33-25-16-7/h9,57-64H,10-17,19-50H2,1-8H3. The van der Waals surface area contributed by atoms with Crippen LogP contribution in [-0.4, -0.2) is 0 Å². The molecule has 0 bridgehead atoms. The normalized spacial score (nSPS) is 11.0. The first-order chi connectivity index (χ1) is 39.8. The lowest BCUT2D eigenvalue weighted by Crippen LogP contribution is -2.01. The first-order valence-electron chi connectivity index (χ1n) is 34.1. The van der Waals surface area contributed by atoms with Crippen LogP contribution in [0.1, 0.15) is 344 Å². The molecule has 0 aliphatic heterocycles. The summed E-state index contributed by atoms with van der Waals surface area (Å²) in [6.45, 7) is 18.5. The van der Waals surface area contributed by atoms with Gasteiger partial charge in [0.25, 0.3) is 0 Å². The molecule has 440 valence electrons. The summed E-state index contributed by atoms with van der Waals surface area (Å²) in [7, 11) is 0. The van der Waals surface area contributed by atoms with Gasteiger partial charge < -0.3 is 0 Å². The number of unbranched alkanes of at least 4 members (excludes halogenated alkanes) is 24. The van der Waals surface area contributed by atoms with Crippen LogP contribution in [0, 0.1) is 47.9 Å². The Labute approximate surface area is 509 Å². The number of benzene rings is 4. The fourth-order valence-corrected chi connectivity index (χ4v) is 12.1. The first-order valence-corrected chi connectivity index (χ1v) is 34.9. The van der Waals surface area contributed by atoms with Gasteiger partial charge in [-0.15, -0.1) is 6.42 Å². The minimum atomic E-state index is 1.02. The summed E-state index contributed by atoms with van der Waals surface area (Å²) in [5, 5.41) is 0. The summed E-state index contributed by atoms with van der Waals surface area (Å²) >= 11 is 4.03. The van der Waals surface area contributed by atoms with Crippen molar-refractivity contribution in [1.29, 1.82) is 0 Å². The van der Waals surface area contributed by atoms with Crippen LogP contribution in [0.25, 0.3) is 0 Å². The second-order valence-electron chi connectivity index (χ2n) is 24.0. The lowest BCUT2D eigenvalue weighted by Gasteiger charge is -2.14. The molecule has 0 saturated heterocycles. The first kappa shape index (κ1) is 69.1. The molecule has 4 aromatic rings. The molecule has 0 radical (unpaired) electrons. The molecule has 4 aromatic carbocycles. The largest absolute Gasteiger partial charge is 0.115 e. The molecule has 0 heterocycles. The van der Waals surface area contributed by atoms with Gasteiger partial charge in [-0.2, -0.15) is 0 Å². The van der Waals surface area contributed by atoms with Crippen LogP contribution in [0.2, 0.25) is 0 Å². The highest BCUT2D eigenvalue weighted by molar-refractivity contribution is 9.10. The van der Waals surface area contributed by atoms with Crippen molar-refractivity contribution < 1.29 is 0 Å². The third-order valence-corrected chi connectivity index (χ3v) is 17.5. The molecule has 0 aliphatic carbocycles. The second kappa shape index (κ2) is 43.3. The topological polar surface area (TPSA) is 0 Å². The van der Waals surface area contributed by atoms with Crippen LogP contribution >= 0.6 is 15.9 Å². The van der Waals surface area contributed by atoms with Gasteiger partial charge in [0.2, 0.25) is 0 Å². The molecule has 4 rings (SSSR count). The van der Waals surface area contributed by atoms with E-state index in [0.717, 1.165) is 56.9 Å². The van der Waals surface area contributed by atoms with Crippen molar-refractivity contribution >= 4 is 15.9 Å². The zero-order chi connectivity index (χ0) is 58.1. The van der Waals surface area contributed by atoms with E-state index in [9.17, 15) is 0 Å². The quantitative estimate of drug-likeness (QED) is 0.0308. The fourth-order valence-electron chi connectivity index (χ4n) is 11.5. The van der Waals surface area contributed by atoms with E-state index < -0.39 is 0 Å². The monoisotopic (exact) mass is 1150 g/mol. The Morgan fingerprint density at radius 2 is 0.407 bits per heavy atom. The van der Waals surface area contributed by atoms with E-state index in [1.807, 2.05) is 0 Å². The summed E-state index contributed by atoms with van der Waals surface area (Å²) in [6, 6.07) is 19.5. The number of aryl methyl sites for hydroxylation is 8. The van der Waals surface area contributed by atoms with Crippen LogP contribution in [-0.2, 0) is 51.4 Å². The maximum Gasteiger partial charge on any atom is 0.0284 e. The van der Waals surface area contributed by atoms with Gasteiger partial charge >= 0.3 is 0 Å². The number of rotatable bonds is 40. The van der Waals surface area contributed by atoms with Crippen molar-refractivity contribution in [2.75, 3.05) is 0 Å². The Bertz CT molecular complexity index is 2650. The van der Waals surface area contributed by atoms with Gasteiger partial charge in [-0.05, 0) is 196 Å². The average Bonchev–Trinajstić information content (AvgIpc) is 3.48. The van der Waals surface area contributed by atoms with Gasteiger partial charge in [0.05, 0.1) is 0 Å². The molecule has 0 fully saturated rings. The molecule has 0 spiro atoms. The maximum absolute atomic E-state index is 6.24. The summed E-state index contributed by atoms with van der Waals surface area (Å²) in [5.41, 5.74) is 19.1. The van der Waals surface area contributed by atoms with Crippen molar-refractivity contribution in [3.63, 3.8) is 0 Å². The van der Waals surface area contributed by atoms with E-state index in [4.69, 9.17) is 6.42 Å². The Hall–Kier alpha value is -4.40. The Morgan fingerprint density at radius 1 is 0.235 bits per heavy atom. The predicted molar refractivity (Wildman–Crippen MR) is 362 cm³/mol. The predicted octanol–water partition coefficient (Wildman–Crippen LogP) is 23.6. The summed E-state index contributed by atoms with van der Waals surface area (Å²) in [6.07, 6.45) is 54.1. The van der Waals surface area contributed by atoms with E-state index in [1.165, 1.54) is 288 Å². The van der Waals surface area contributed by atoms with Crippen LogP contribution in [0.3, 0.4) is 0 Å². The molecule has 0 nitrogen and oxygen atoms in total. The smallest absolute Gasteiger partial charge is 0.0284 e. The Balaban J connectivity index is 1.96. The minimum Gasteiger partial charge on any atom is -0.115 e. The molecule has 0 saturated carbocycles. The van der Waals surface area contributed by atoms with Crippen LogP contribution in [0.4, 0.5) is 0 Å². The maximum atomic E-state index is 6.24. The molecule has 81 heavy (non-hydrogen) atoms. The van der Waals surface area contributed by atoms with E-state index in [-0.39, 0.29) is 0 Å². The minimum absolute atomic E-state index is 1.02. The SMILES string of the molecule is C#Cc1cc(CCCCCC)c(C#Cc2cc(CCCCCC)c(C#Cc3cc(CCCCCC)c(C#Cc4cc(CCCCCC)c(Br)cc4CCCCCC)cc3CCCCCC)cc2CCCCCC)cc1CCCCCC. The second-order valence-corrected chi connectivity index (χ2v) is 24.8. The van der Waals surface area contributed by atoms with Gasteiger partial charge in [0.15, 0.2) is 0 Å². The third kappa shape index (κ3) is 26.4. The number of hydrogen-bond acceptors (Lipinski definition) is 0. The molecule has 0 N–H and O–H groups in total. The highest BCUT2D eigenvalue weighted by atomic mass is 79.9. The lowest BCUT2D eigenvalue weighted by atomic mass is 9.90. The summed E-state index contributed by atoms with van der Waals surface area (Å²) < 4.78 is 1.26. The lowest BCUT2D eigenvalue weighted by molar-refractivity contribution is 0.662. The fraction of sp³-hybridized carbons (Fsp3) is 0.600. The molecule has 0 amide bonds. The highest BCUT2D eigenvalue weighted by Crippen LogP contribution is 2.29. The summed E-state index contributed by atoms with van der Waals surface area (Å²) in [5.74, 6) is 26.5. The highest BCUT2D eigenvalue weighted by Gasteiger charge is 2.15.